The lowest BCUT2D eigenvalue weighted by atomic mass is 9.90. The third-order valence-corrected chi connectivity index (χ3v) is 5.00. The molecule has 0 amide bonds. The van der Waals surface area contributed by atoms with Crippen molar-refractivity contribution in [1.29, 1.82) is 0 Å². The Hall–Kier alpha value is -0.820. The zero-order chi connectivity index (χ0) is 13.5. The van der Waals surface area contributed by atoms with Crippen molar-refractivity contribution in [3.05, 3.63) is 10.9 Å². The second kappa shape index (κ2) is 4.94. The zero-order valence-electron chi connectivity index (χ0n) is 11.3. The number of fused-ring (bicyclic) bond motifs is 1. The molecule has 1 aromatic rings. The highest BCUT2D eigenvalue weighted by atomic mass is 32.1. The van der Waals surface area contributed by atoms with Gasteiger partial charge in [0.25, 0.3) is 0 Å². The first-order valence-electron chi connectivity index (χ1n) is 6.77. The summed E-state index contributed by atoms with van der Waals surface area (Å²) >= 11 is 1.55. The zero-order valence-corrected chi connectivity index (χ0v) is 12.1. The van der Waals surface area contributed by atoms with E-state index < -0.39 is 0 Å². The maximum absolute atomic E-state index is 9.10. The van der Waals surface area contributed by atoms with Crippen molar-refractivity contribution in [2.75, 3.05) is 32.0 Å². The maximum Gasteiger partial charge on any atom is 0.164 e. The molecule has 3 heterocycles. The molecular formula is C13H21N3O2S. The molecule has 2 aliphatic heterocycles. The van der Waals surface area contributed by atoms with Crippen LogP contribution in [0, 0.1) is 0 Å². The SMILES string of the molecule is C[C@@]1(N2Cc3c(csc3N)O2)CCCN(CCO)C1. The van der Waals surface area contributed by atoms with Gasteiger partial charge in [0, 0.05) is 24.0 Å². The molecule has 6 heteroatoms. The molecule has 0 bridgehead atoms. The Kier molecular flexibility index (Phi) is 3.42. The van der Waals surface area contributed by atoms with Crippen molar-refractivity contribution >= 4 is 16.3 Å². The minimum absolute atomic E-state index is 0.00343. The summed E-state index contributed by atoms with van der Waals surface area (Å²) in [6.07, 6.45) is 2.25. The van der Waals surface area contributed by atoms with Crippen molar-refractivity contribution in [1.82, 2.24) is 9.96 Å². The van der Waals surface area contributed by atoms with Crippen LogP contribution in [0.5, 0.6) is 5.75 Å². The van der Waals surface area contributed by atoms with E-state index in [2.05, 4.69) is 16.9 Å². The number of likely N-dealkylation sites (tertiary alicyclic amines) is 1. The van der Waals surface area contributed by atoms with Crippen LogP contribution in [0.15, 0.2) is 5.38 Å². The number of nitrogen functional groups attached to an aromatic ring is 1. The monoisotopic (exact) mass is 283 g/mol. The lowest BCUT2D eigenvalue weighted by molar-refractivity contribution is -0.150. The first-order valence-corrected chi connectivity index (χ1v) is 7.65. The molecule has 0 radical (unpaired) electrons. The van der Waals surface area contributed by atoms with E-state index in [1.165, 1.54) is 0 Å². The number of hydrogen-bond acceptors (Lipinski definition) is 6. The normalized spacial score (nSPS) is 28.3. The average molecular weight is 283 g/mol. The van der Waals surface area contributed by atoms with E-state index in [0.29, 0.717) is 0 Å². The molecular weight excluding hydrogens is 262 g/mol. The summed E-state index contributed by atoms with van der Waals surface area (Å²) in [7, 11) is 0. The van der Waals surface area contributed by atoms with E-state index in [9.17, 15) is 0 Å². The maximum atomic E-state index is 9.10. The average Bonchev–Trinajstić information content (AvgIpc) is 2.93. The van der Waals surface area contributed by atoms with Crippen molar-refractivity contribution in [2.24, 2.45) is 0 Å². The van der Waals surface area contributed by atoms with Gasteiger partial charge in [-0.2, -0.15) is 0 Å². The van der Waals surface area contributed by atoms with Gasteiger partial charge in [-0.15, -0.1) is 16.4 Å². The largest absolute Gasteiger partial charge is 0.404 e. The van der Waals surface area contributed by atoms with Crippen LogP contribution in [-0.2, 0) is 6.54 Å². The Bertz CT molecular complexity index is 463. The molecule has 0 aliphatic carbocycles. The van der Waals surface area contributed by atoms with Crippen LogP contribution >= 0.6 is 11.3 Å². The van der Waals surface area contributed by atoms with Crippen LogP contribution < -0.4 is 10.6 Å². The molecule has 1 fully saturated rings. The number of nitrogens with zero attached hydrogens (tertiary/aromatic N) is 2. The van der Waals surface area contributed by atoms with Crippen LogP contribution in [-0.4, -0.2) is 46.8 Å². The highest BCUT2D eigenvalue weighted by Gasteiger charge is 2.42. The third kappa shape index (κ3) is 2.33. The number of aliphatic hydroxyl groups is 1. The van der Waals surface area contributed by atoms with Crippen molar-refractivity contribution in [3.8, 4) is 5.75 Å². The summed E-state index contributed by atoms with van der Waals surface area (Å²) in [4.78, 5) is 8.28. The van der Waals surface area contributed by atoms with Gasteiger partial charge in [0.15, 0.2) is 5.75 Å². The smallest absolute Gasteiger partial charge is 0.164 e. The molecule has 5 nitrogen and oxygen atoms in total. The fraction of sp³-hybridized carbons (Fsp3) is 0.692. The summed E-state index contributed by atoms with van der Waals surface area (Å²) in [5, 5.41) is 14.0. The van der Waals surface area contributed by atoms with Gasteiger partial charge in [0.05, 0.1) is 23.7 Å². The van der Waals surface area contributed by atoms with Crippen LogP contribution in [0.1, 0.15) is 25.3 Å². The van der Waals surface area contributed by atoms with Crippen molar-refractivity contribution in [3.63, 3.8) is 0 Å². The molecule has 0 saturated carbocycles. The summed E-state index contributed by atoms with van der Waals surface area (Å²) in [5.41, 5.74) is 7.10. The standard InChI is InChI=1S/C13H21N3O2S/c1-13(3-2-4-15(9-13)5-6-17)16-7-10-11(18-16)8-19-12(10)14/h8,17H,2-7,9,14H2,1H3/t13-/m1/s1. The fourth-order valence-corrected chi connectivity index (χ4v) is 3.79. The number of hydrogen-bond donors (Lipinski definition) is 2. The first-order chi connectivity index (χ1) is 9.12. The quantitative estimate of drug-likeness (QED) is 0.875. The number of aliphatic hydroxyl groups excluding tert-OH is 1. The van der Waals surface area contributed by atoms with E-state index in [4.69, 9.17) is 15.7 Å². The summed E-state index contributed by atoms with van der Waals surface area (Å²) in [6, 6.07) is 0. The predicted octanol–water partition coefficient (Wildman–Crippen LogP) is 1.29. The number of anilines is 1. The molecule has 0 spiro atoms. The number of thiophene rings is 1. The van der Waals surface area contributed by atoms with E-state index in [1.54, 1.807) is 11.3 Å². The van der Waals surface area contributed by atoms with Crippen LogP contribution in [0.4, 0.5) is 5.00 Å². The molecule has 2 aliphatic rings. The minimum Gasteiger partial charge on any atom is -0.404 e. The van der Waals surface area contributed by atoms with Gasteiger partial charge in [-0.25, -0.2) is 0 Å². The lowest BCUT2D eigenvalue weighted by Crippen LogP contribution is -2.56. The highest BCUT2D eigenvalue weighted by molar-refractivity contribution is 7.14. The molecule has 1 aromatic heterocycles. The molecule has 106 valence electrons. The number of β-amino-alcohol motifs (C(OH)–C–C–N with tert-alkyl or cyclic N) is 1. The van der Waals surface area contributed by atoms with Gasteiger partial charge < -0.3 is 15.7 Å². The topological polar surface area (TPSA) is 62.0 Å². The third-order valence-electron chi connectivity index (χ3n) is 4.17. The lowest BCUT2D eigenvalue weighted by Gasteiger charge is -2.44. The van der Waals surface area contributed by atoms with Gasteiger partial charge in [-0.3, -0.25) is 4.90 Å². The van der Waals surface area contributed by atoms with E-state index in [1.807, 2.05) is 5.38 Å². The Balaban J connectivity index is 1.72. The molecule has 3 N–H and O–H groups in total. The second-order valence-electron chi connectivity index (χ2n) is 5.67. The van der Waals surface area contributed by atoms with Gasteiger partial charge in [-0.1, -0.05) is 0 Å². The van der Waals surface area contributed by atoms with Gasteiger partial charge >= 0.3 is 0 Å². The van der Waals surface area contributed by atoms with Gasteiger partial charge in [0.2, 0.25) is 0 Å². The van der Waals surface area contributed by atoms with E-state index in [-0.39, 0.29) is 12.1 Å². The van der Waals surface area contributed by atoms with E-state index in [0.717, 1.165) is 55.3 Å². The predicted molar refractivity (Wildman–Crippen MR) is 76.1 cm³/mol. The number of piperidine rings is 1. The Morgan fingerprint density at radius 3 is 3.16 bits per heavy atom. The summed E-state index contributed by atoms with van der Waals surface area (Å²) in [6.45, 7) is 5.97. The van der Waals surface area contributed by atoms with E-state index >= 15 is 0 Å². The molecule has 3 rings (SSSR count). The van der Waals surface area contributed by atoms with Crippen molar-refractivity contribution in [2.45, 2.75) is 31.8 Å². The number of rotatable bonds is 3. The Morgan fingerprint density at radius 1 is 1.58 bits per heavy atom. The molecule has 0 aromatic carbocycles. The molecule has 1 atom stereocenters. The summed E-state index contributed by atoms with van der Waals surface area (Å²) < 4.78 is 0. The Morgan fingerprint density at radius 2 is 2.42 bits per heavy atom. The summed E-state index contributed by atoms with van der Waals surface area (Å²) in [5.74, 6) is 0.919. The number of nitrogens with two attached hydrogens (primary N) is 1. The molecule has 1 saturated heterocycles. The van der Waals surface area contributed by atoms with Gasteiger partial charge in [0.1, 0.15) is 0 Å². The Labute approximate surface area is 117 Å². The molecule has 19 heavy (non-hydrogen) atoms. The van der Waals surface area contributed by atoms with Crippen molar-refractivity contribution < 1.29 is 9.94 Å². The van der Waals surface area contributed by atoms with Crippen LogP contribution in [0.2, 0.25) is 0 Å². The second-order valence-corrected chi connectivity index (χ2v) is 6.58. The van der Waals surface area contributed by atoms with Crippen LogP contribution in [0.3, 0.4) is 0 Å². The highest BCUT2D eigenvalue weighted by Crippen LogP contribution is 2.42. The van der Waals surface area contributed by atoms with Gasteiger partial charge in [-0.05, 0) is 26.3 Å². The van der Waals surface area contributed by atoms with Crippen LogP contribution in [0.25, 0.3) is 0 Å². The molecule has 0 unspecified atom stereocenters. The number of hydroxylamine groups is 2. The fourth-order valence-electron chi connectivity index (χ4n) is 3.07. The minimum atomic E-state index is -0.00343. The first kappa shape index (κ1) is 13.2.